The molecule has 27 heavy (non-hydrogen) atoms. The van der Waals surface area contributed by atoms with Crippen molar-refractivity contribution in [2.75, 3.05) is 5.32 Å². The number of carbonyl (C=O) groups excluding carboxylic acids is 1. The third-order valence-electron chi connectivity index (χ3n) is 4.64. The molecule has 1 aliphatic carbocycles. The van der Waals surface area contributed by atoms with Gasteiger partial charge in [-0.2, -0.15) is 5.10 Å². The van der Waals surface area contributed by atoms with E-state index in [0.29, 0.717) is 17.3 Å². The molecule has 5 heteroatoms. The van der Waals surface area contributed by atoms with E-state index in [1.54, 1.807) is 17.1 Å². The van der Waals surface area contributed by atoms with Gasteiger partial charge in [-0.1, -0.05) is 17.9 Å². The molecule has 0 spiro atoms. The summed E-state index contributed by atoms with van der Waals surface area (Å²) >= 11 is 0. The van der Waals surface area contributed by atoms with Gasteiger partial charge < -0.3 is 5.32 Å². The van der Waals surface area contributed by atoms with Crippen LogP contribution >= 0.6 is 0 Å². The first-order chi connectivity index (χ1) is 13.1. The second kappa shape index (κ2) is 7.08. The maximum atomic E-state index is 12.7. The van der Waals surface area contributed by atoms with Gasteiger partial charge in [0, 0.05) is 48.1 Å². The minimum atomic E-state index is -0.162. The Kier molecular flexibility index (Phi) is 4.47. The van der Waals surface area contributed by atoms with E-state index in [9.17, 15) is 4.79 Å². The van der Waals surface area contributed by atoms with Gasteiger partial charge in [-0.15, -0.1) is 0 Å². The van der Waals surface area contributed by atoms with Gasteiger partial charge in [-0.25, -0.2) is 0 Å². The molecule has 0 atom stereocenters. The summed E-state index contributed by atoms with van der Waals surface area (Å²) in [5.41, 5.74) is 4.33. The molecule has 5 nitrogen and oxygen atoms in total. The fourth-order valence-corrected chi connectivity index (χ4v) is 2.85. The van der Waals surface area contributed by atoms with Crippen molar-refractivity contribution in [3.63, 3.8) is 0 Å². The lowest BCUT2D eigenvalue weighted by Crippen LogP contribution is -2.14. The van der Waals surface area contributed by atoms with Crippen molar-refractivity contribution in [1.82, 2.24) is 14.8 Å². The van der Waals surface area contributed by atoms with Gasteiger partial charge in [0.15, 0.2) is 0 Å². The van der Waals surface area contributed by atoms with Gasteiger partial charge in [-0.3, -0.25) is 14.5 Å². The molecule has 1 N–H and O–H groups in total. The number of amides is 1. The minimum absolute atomic E-state index is 0.162. The van der Waals surface area contributed by atoms with Crippen molar-refractivity contribution in [3.05, 3.63) is 76.7 Å². The van der Waals surface area contributed by atoms with E-state index in [1.807, 2.05) is 50.4 Å². The van der Waals surface area contributed by atoms with Crippen LogP contribution in [0.25, 0.3) is 0 Å². The fourth-order valence-electron chi connectivity index (χ4n) is 2.85. The van der Waals surface area contributed by atoms with Crippen LogP contribution in [-0.2, 0) is 7.05 Å². The molecule has 0 bridgehead atoms. The summed E-state index contributed by atoms with van der Waals surface area (Å²) in [5.74, 6) is 7.33. The number of pyridine rings is 1. The number of aromatic nitrogens is 3. The number of carbonyl (C=O) groups is 1. The largest absolute Gasteiger partial charge is 0.307 e. The first-order valence-electron chi connectivity index (χ1n) is 8.98. The first-order valence-corrected chi connectivity index (χ1v) is 8.98. The Hall–Kier alpha value is -3.39. The average Bonchev–Trinajstić information content (AvgIpc) is 3.46. The summed E-state index contributed by atoms with van der Waals surface area (Å²) in [6, 6.07) is 11.3. The number of nitrogens with one attached hydrogen (secondary N) is 1. The number of aryl methyl sites for hydroxylation is 2. The van der Waals surface area contributed by atoms with Crippen molar-refractivity contribution in [1.29, 1.82) is 0 Å². The van der Waals surface area contributed by atoms with Gasteiger partial charge in [0.1, 0.15) is 5.82 Å². The Bertz CT molecular complexity index is 1050. The Morgan fingerprint density at radius 2 is 2.07 bits per heavy atom. The van der Waals surface area contributed by atoms with E-state index < -0.39 is 0 Å². The van der Waals surface area contributed by atoms with Crippen molar-refractivity contribution < 1.29 is 4.79 Å². The summed E-state index contributed by atoms with van der Waals surface area (Å²) in [6.45, 7) is 1.98. The van der Waals surface area contributed by atoms with Crippen molar-refractivity contribution in [2.45, 2.75) is 25.7 Å². The molecule has 0 saturated heterocycles. The molecular formula is C22H20N4O. The van der Waals surface area contributed by atoms with Gasteiger partial charge in [0.05, 0.1) is 5.69 Å². The van der Waals surface area contributed by atoms with Crippen LogP contribution in [-0.4, -0.2) is 20.7 Å². The van der Waals surface area contributed by atoms with Crippen LogP contribution in [0.15, 0.2) is 48.8 Å². The van der Waals surface area contributed by atoms with E-state index in [1.165, 1.54) is 12.8 Å². The highest BCUT2D eigenvalue weighted by Crippen LogP contribution is 2.39. The normalized spacial score (nSPS) is 13.0. The Morgan fingerprint density at radius 3 is 2.81 bits per heavy atom. The van der Waals surface area contributed by atoms with Gasteiger partial charge in [0.2, 0.25) is 0 Å². The Balaban J connectivity index is 1.55. The molecule has 1 saturated carbocycles. The summed E-state index contributed by atoms with van der Waals surface area (Å²) in [6.07, 6.45) is 5.80. The zero-order valence-corrected chi connectivity index (χ0v) is 15.4. The summed E-state index contributed by atoms with van der Waals surface area (Å²) < 4.78 is 1.73. The smallest absolute Gasteiger partial charge is 0.256 e. The quantitative estimate of drug-likeness (QED) is 0.729. The van der Waals surface area contributed by atoms with E-state index in [-0.39, 0.29) is 5.91 Å². The summed E-state index contributed by atoms with van der Waals surface area (Å²) in [5, 5.41) is 7.44. The topological polar surface area (TPSA) is 59.8 Å². The monoisotopic (exact) mass is 356 g/mol. The highest BCUT2D eigenvalue weighted by atomic mass is 16.1. The van der Waals surface area contributed by atoms with Gasteiger partial charge >= 0.3 is 0 Å². The molecule has 0 aliphatic heterocycles. The predicted octanol–water partition coefficient (Wildman–Crippen LogP) is 3.65. The third kappa shape index (κ3) is 3.90. The second-order valence-corrected chi connectivity index (χ2v) is 6.83. The lowest BCUT2D eigenvalue weighted by molar-refractivity contribution is 0.102. The molecule has 2 heterocycles. The molecule has 0 unspecified atom stereocenters. The number of hydrogen-bond donors (Lipinski definition) is 1. The second-order valence-electron chi connectivity index (χ2n) is 6.83. The number of nitrogens with zero attached hydrogens (tertiary/aromatic N) is 3. The Morgan fingerprint density at radius 1 is 1.22 bits per heavy atom. The lowest BCUT2D eigenvalue weighted by Gasteiger charge is -2.07. The maximum Gasteiger partial charge on any atom is 0.256 e. The average molecular weight is 356 g/mol. The molecule has 2 aromatic heterocycles. The number of benzene rings is 1. The van der Waals surface area contributed by atoms with Gasteiger partial charge in [-0.05, 0) is 49.6 Å². The van der Waals surface area contributed by atoms with Gasteiger partial charge in [0.25, 0.3) is 5.91 Å². The SMILES string of the molecule is Cc1ccc(C(=O)Nc2cc(C3CC3)nn2C)cc1C#Cc1cccnc1. The van der Waals surface area contributed by atoms with E-state index in [0.717, 1.165) is 22.4 Å². The molecular weight excluding hydrogens is 336 g/mol. The molecule has 0 radical (unpaired) electrons. The number of anilines is 1. The van der Waals surface area contributed by atoms with Crippen LogP contribution in [0, 0.1) is 18.8 Å². The maximum absolute atomic E-state index is 12.7. The van der Waals surface area contributed by atoms with Crippen molar-refractivity contribution >= 4 is 11.7 Å². The lowest BCUT2D eigenvalue weighted by atomic mass is 10.0. The molecule has 4 rings (SSSR count). The molecule has 1 amide bonds. The predicted molar refractivity (Wildman–Crippen MR) is 105 cm³/mol. The highest BCUT2D eigenvalue weighted by Gasteiger charge is 2.27. The number of hydrogen-bond acceptors (Lipinski definition) is 3. The van der Waals surface area contributed by atoms with E-state index in [4.69, 9.17) is 0 Å². The minimum Gasteiger partial charge on any atom is -0.307 e. The van der Waals surface area contributed by atoms with Crippen LogP contribution < -0.4 is 5.32 Å². The summed E-state index contributed by atoms with van der Waals surface area (Å²) in [7, 11) is 1.85. The van der Waals surface area contributed by atoms with E-state index in [2.05, 4.69) is 27.2 Å². The molecule has 1 fully saturated rings. The van der Waals surface area contributed by atoms with Crippen LogP contribution in [0.3, 0.4) is 0 Å². The molecule has 1 aliphatic rings. The standard InChI is InChI=1S/C22H20N4O/c1-15-5-7-19(12-18(15)8-6-16-4-3-11-23-14-16)22(27)24-21-13-20(17-9-10-17)25-26(21)2/h3-5,7,11-14,17H,9-10H2,1-2H3,(H,24,27). The number of rotatable bonds is 3. The third-order valence-corrected chi connectivity index (χ3v) is 4.64. The van der Waals surface area contributed by atoms with Crippen molar-refractivity contribution in [3.8, 4) is 11.8 Å². The molecule has 3 aromatic rings. The first kappa shape index (κ1) is 17.0. The van der Waals surface area contributed by atoms with Crippen molar-refractivity contribution in [2.24, 2.45) is 7.05 Å². The van der Waals surface area contributed by atoms with Crippen LogP contribution in [0.2, 0.25) is 0 Å². The zero-order chi connectivity index (χ0) is 18.8. The fraction of sp³-hybridized carbons (Fsp3) is 0.227. The Labute approximate surface area is 158 Å². The molecule has 1 aromatic carbocycles. The zero-order valence-electron chi connectivity index (χ0n) is 15.4. The van der Waals surface area contributed by atoms with Crippen LogP contribution in [0.1, 0.15) is 51.5 Å². The molecule has 134 valence electrons. The van der Waals surface area contributed by atoms with E-state index >= 15 is 0 Å². The highest BCUT2D eigenvalue weighted by molar-refractivity contribution is 6.04. The van der Waals surface area contributed by atoms with Crippen LogP contribution in [0.4, 0.5) is 5.82 Å². The van der Waals surface area contributed by atoms with Crippen LogP contribution in [0.5, 0.6) is 0 Å². The summed E-state index contributed by atoms with van der Waals surface area (Å²) in [4.78, 5) is 16.8.